The molecule has 0 amide bonds. The second-order valence-electron chi connectivity index (χ2n) is 4.50. The van der Waals surface area contributed by atoms with Crippen molar-refractivity contribution in [2.24, 2.45) is 0 Å². The summed E-state index contributed by atoms with van der Waals surface area (Å²) in [6.45, 7) is 1.90. The first-order valence-corrected chi connectivity index (χ1v) is 6.24. The monoisotopic (exact) mass is 299 g/mol. The third-order valence-electron chi connectivity index (χ3n) is 2.97. The molecule has 0 aliphatic rings. The highest BCUT2D eigenvalue weighted by Gasteiger charge is 2.30. The van der Waals surface area contributed by atoms with Gasteiger partial charge in [-0.2, -0.15) is 13.2 Å². The molecule has 0 unspecified atom stereocenters. The molecule has 2 heterocycles. The number of rotatable bonds is 4. The fourth-order valence-corrected chi connectivity index (χ4v) is 1.73. The Labute approximate surface area is 119 Å². The molecule has 0 bridgehead atoms. The third kappa shape index (κ3) is 3.98. The number of nitrogens with zero attached hydrogens (tertiary/aromatic N) is 2. The zero-order valence-electron chi connectivity index (χ0n) is 11.2. The molecule has 1 N–H and O–H groups in total. The standard InChI is InChI=1S/C14H13F4N3/c1-9(20-8-13-11(15)3-2-6-19-13)12-5-4-10(7-21-12)14(16,17)18/h2-7,9,20H,8H2,1H3/t9-/m1/s1. The lowest BCUT2D eigenvalue weighted by Gasteiger charge is -2.14. The van der Waals surface area contributed by atoms with Crippen LogP contribution in [0.3, 0.4) is 0 Å². The molecular weight excluding hydrogens is 286 g/mol. The molecule has 112 valence electrons. The SMILES string of the molecule is C[C@@H](NCc1ncccc1F)c1ccc(C(F)(F)F)cn1. The van der Waals surface area contributed by atoms with E-state index < -0.39 is 17.6 Å². The van der Waals surface area contributed by atoms with E-state index in [9.17, 15) is 17.6 Å². The van der Waals surface area contributed by atoms with Crippen molar-refractivity contribution in [3.63, 3.8) is 0 Å². The quantitative estimate of drug-likeness (QED) is 0.878. The summed E-state index contributed by atoms with van der Waals surface area (Å²) < 4.78 is 50.7. The maximum Gasteiger partial charge on any atom is 0.417 e. The normalized spacial score (nSPS) is 13.2. The minimum atomic E-state index is -4.40. The van der Waals surface area contributed by atoms with Gasteiger partial charge in [-0.05, 0) is 31.2 Å². The molecule has 0 aliphatic carbocycles. The predicted octanol–water partition coefficient (Wildman–Crippen LogP) is 3.49. The molecule has 0 fully saturated rings. The number of hydrogen-bond donors (Lipinski definition) is 1. The maximum absolute atomic E-state index is 13.4. The Morgan fingerprint density at radius 1 is 1.19 bits per heavy atom. The first-order chi connectivity index (χ1) is 9.88. The molecule has 2 aromatic heterocycles. The van der Waals surface area contributed by atoms with Gasteiger partial charge in [-0.1, -0.05) is 0 Å². The summed E-state index contributed by atoms with van der Waals surface area (Å²) in [7, 11) is 0. The average Bonchev–Trinajstić information content (AvgIpc) is 2.45. The van der Waals surface area contributed by atoms with E-state index in [2.05, 4.69) is 15.3 Å². The van der Waals surface area contributed by atoms with Crippen LogP contribution in [0.1, 0.15) is 29.9 Å². The minimum absolute atomic E-state index is 0.163. The number of nitrogens with one attached hydrogen (secondary N) is 1. The molecule has 2 rings (SSSR count). The van der Waals surface area contributed by atoms with Crippen molar-refractivity contribution in [2.75, 3.05) is 0 Å². The van der Waals surface area contributed by atoms with E-state index >= 15 is 0 Å². The van der Waals surface area contributed by atoms with Crippen LogP contribution in [0.25, 0.3) is 0 Å². The topological polar surface area (TPSA) is 37.8 Å². The van der Waals surface area contributed by atoms with Gasteiger partial charge in [0.1, 0.15) is 5.82 Å². The van der Waals surface area contributed by atoms with Gasteiger partial charge in [0.05, 0.1) is 17.0 Å². The smallest absolute Gasteiger partial charge is 0.303 e. The summed E-state index contributed by atoms with van der Waals surface area (Å²) in [5.74, 6) is -0.433. The van der Waals surface area contributed by atoms with Crippen LogP contribution in [-0.2, 0) is 12.7 Å². The van der Waals surface area contributed by atoms with Crippen molar-refractivity contribution in [1.29, 1.82) is 0 Å². The van der Waals surface area contributed by atoms with Crippen molar-refractivity contribution in [2.45, 2.75) is 25.7 Å². The molecular formula is C14H13F4N3. The second-order valence-corrected chi connectivity index (χ2v) is 4.50. The van der Waals surface area contributed by atoms with Crippen molar-refractivity contribution in [3.05, 3.63) is 59.4 Å². The van der Waals surface area contributed by atoms with Crippen molar-refractivity contribution < 1.29 is 17.6 Å². The zero-order chi connectivity index (χ0) is 15.5. The van der Waals surface area contributed by atoms with Gasteiger partial charge in [0.2, 0.25) is 0 Å². The highest BCUT2D eigenvalue weighted by molar-refractivity contribution is 5.18. The molecule has 0 aliphatic heterocycles. The first-order valence-electron chi connectivity index (χ1n) is 6.24. The zero-order valence-corrected chi connectivity index (χ0v) is 11.2. The summed E-state index contributed by atoms with van der Waals surface area (Å²) in [4.78, 5) is 7.67. The lowest BCUT2D eigenvalue weighted by atomic mass is 10.1. The third-order valence-corrected chi connectivity index (χ3v) is 2.97. The highest BCUT2D eigenvalue weighted by Crippen LogP contribution is 2.28. The van der Waals surface area contributed by atoms with Gasteiger partial charge < -0.3 is 5.32 Å². The molecule has 1 atom stereocenters. The molecule has 7 heteroatoms. The molecule has 0 aromatic carbocycles. The van der Waals surface area contributed by atoms with Gasteiger partial charge in [-0.25, -0.2) is 4.39 Å². The summed E-state index contributed by atoms with van der Waals surface area (Å²) >= 11 is 0. The van der Waals surface area contributed by atoms with E-state index in [-0.39, 0.29) is 18.3 Å². The molecule has 2 aromatic rings. The summed E-state index contributed by atoms with van der Waals surface area (Å²) in [5.41, 5.74) is -0.107. The largest absolute Gasteiger partial charge is 0.417 e. The Balaban J connectivity index is 2.01. The van der Waals surface area contributed by atoms with Crippen LogP contribution in [0, 0.1) is 5.82 Å². The van der Waals surface area contributed by atoms with Crippen LogP contribution < -0.4 is 5.32 Å². The van der Waals surface area contributed by atoms with Crippen LogP contribution in [0.15, 0.2) is 36.7 Å². The predicted molar refractivity (Wildman–Crippen MR) is 68.7 cm³/mol. The Hall–Kier alpha value is -2.02. The molecule has 21 heavy (non-hydrogen) atoms. The number of halogens is 4. The number of pyridine rings is 2. The van der Waals surface area contributed by atoms with Crippen LogP contribution >= 0.6 is 0 Å². The van der Waals surface area contributed by atoms with E-state index in [0.717, 1.165) is 12.3 Å². The lowest BCUT2D eigenvalue weighted by molar-refractivity contribution is -0.137. The summed E-state index contributed by atoms with van der Waals surface area (Å²) in [5, 5.41) is 2.97. The van der Waals surface area contributed by atoms with Gasteiger partial charge in [0.25, 0.3) is 0 Å². The van der Waals surface area contributed by atoms with E-state index in [0.29, 0.717) is 5.69 Å². The Bertz CT molecular complexity index is 596. The van der Waals surface area contributed by atoms with Gasteiger partial charge >= 0.3 is 6.18 Å². The molecule has 0 saturated carbocycles. The average molecular weight is 299 g/mol. The second kappa shape index (κ2) is 6.17. The first kappa shape index (κ1) is 15.4. The van der Waals surface area contributed by atoms with Gasteiger partial charge in [-0.15, -0.1) is 0 Å². The number of hydrogen-bond acceptors (Lipinski definition) is 3. The number of aromatic nitrogens is 2. The van der Waals surface area contributed by atoms with Crippen LogP contribution in [0.4, 0.5) is 17.6 Å². The number of alkyl halides is 3. The molecule has 0 radical (unpaired) electrons. The molecule has 0 spiro atoms. The fraction of sp³-hybridized carbons (Fsp3) is 0.286. The van der Waals surface area contributed by atoms with Crippen LogP contribution in [0.5, 0.6) is 0 Å². The van der Waals surface area contributed by atoms with Gasteiger partial charge in [0.15, 0.2) is 0 Å². The van der Waals surface area contributed by atoms with Crippen molar-refractivity contribution in [1.82, 2.24) is 15.3 Å². The lowest BCUT2D eigenvalue weighted by Crippen LogP contribution is -2.20. The van der Waals surface area contributed by atoms with E-state index in [1.807, 2.05) is 0 Å². The Morgan fingerprint density at radius 3 is 2.52 bits per heavy atom. The van der Waals surface area contributed by atoms with Gasteiger partial charge in [-0.3, -0.25) is 9.97 Å². The highest BCUT2D eigenvalue weighted by atomic mass is 19.4. The van der Waals surface area contributed by atoms with E-state index in [1.165, 1.54) is 24.4 Å². The molecule has 3 nitrogen and oxygen atoms in total. The van der Waals surface area contributed by atoms with E-state index in [4.69, 9.17) is 0 Å². The maximum atomic E-state index is 13.4. The fourth-order valence-electron chi connectivity index (χ4n) is 1.73. The molecule has 0 saturated heterocycles. The van der Waals surface area contributed by atoms with Gasteiger partial charge in [0, 0.05) is 25.0 Å². The van der Waals surface area contributed by atoms with Crippen LogP contribution in [0.2, 0.25) is 0 Å². The summed E-state index contributed by atoms with van der Waals surface area (Å²) in [6, 6.07) is 4.73. The van der Waals surface area contributed by atoms with E-state index in [1.54, 1.807) is 6.92 Å². The Kier molecular flexibility index (Phi) is 4.52. The summed E-state index contributed by atoms with van der Waals surface area (Å²) in [6.07, 6.45) is -2.14. The van der Waals surface area contributed by atoms with Crippen LogP contribution in [-0.4, -0.2) is 9.97 Å². The van der Waals surface area contributed by atoms with Crippen molar-refractivity contribution >= 4 is 0 Å². The Morgan fingerprint density at radius 2 is 1.95 bits per heavy atom. The minimum Gasteiger partial charge on any atom is -0.303 e. The van der Waals surface area contributed by atoms with Crippen molar-refractivity contribution in [3.8, 4) is 0 Å².